The average molecular weight is 662 g/mol. The number of ether oxygens (including phenoxy) is 1. The molecule has 1 heterocycles. The molecule has 1 aliphatic rings. The van der Waals surface area contributed by atoms with Crippen LogP contribution in [0.2, 0.25) is 0 Å². The fraction of sp³-hybridized carbons (Fsp3) is 0.0833. The first-order valence-corrected chi connectivity index (χ1v) is 16.9. The van der Waals surface area contributed by atoms with E-state index in [1.54, 1.807) is 67.6 Å². The van der Waals surface area contributed by atoms with Crippen molar-refractivity contribution in [2.45, 2.75) is 17.7 Å². The Morgan fingerprint density at radius 1 is 0.809 bits per heavy atom. The molecule has 0 spiro atoms. The first-order valence-electron chi connectivity index (χ1n) is 14.7. The van der Waals surface area contributed by atoms with Crippen molar-refractivity contribution in [1.82, 2.24) is 4.98 Å². The lowest BCUT2D eigenvalue weighted by molar-refractivity contribution is 0.102. The summed E-state index contributed by atoms with van der Waals surface area (Å²) in [6, 6.07) is 33.1. The quantitative estimate of drug-likeness (QED) is 0.147. The number of fused-ring (bicyclic) bond motifs is 4. The summed E-state index contributed by atoms with van der Waals surface area (Å²) < 4.78 is 39.6. The smallest absolute Gasteiger partial charge is 0.411 e. The number of nitrogens with zero attached hydrogens (tertiary/aromatic N) is 1. The third-order valence-corrected chi connectivity index (χ3v) is 10.4. The molecule has 0 radical (unpaired) electrons. The number of carbonyl (C=O) groups excluding carboxylic acids is 2. The summed E-state index contributed by atoms with van der Waals surface area (Å²) in [5, 5.41) is 6.16. The normalized spacial score (nSPS) is 12.4. The first kappa shape index (κ1) is 30.3. The van der Waals surface area contributed by atoms with Crippen molar-refractivity contribution in [2.24, 2.45) is 0 Å². The number of nitrogens with one attached hydrogen (secondary N) is 2. The minimum absolute atomic E-state index is 0.0447. The van der Waals surface area contributed by atoms with Gasteiger partial charge in [-0.1, -0.05) is 54.6 Å². The lowest BCUT2D eigenvalue weighted by Crippen LogP contribution is -2.18. The summed E-state index contributed by atoms with van der Waals surface area (Å²) in [6.07, 6.45) is -0.582. The summed E-state index contributed by atoms with van der Waals surface area (Å²) in [7, 11) is -4.41. The Hall–Kier alpha value is -5.36. The zero-order valence-corrected chi connectivity index (χ0v) is 26.6. The lowest BCUT2D eigenvalue weighted by atomic mass is 9.98. The Morgan fingerprint density at radius 3 is 2.04 bits per heavy atom. The predicted octanol–water partition coefficient (Wildman–Crippen LogP) is 8.13. The Morgan fingerprint density at radius 2 is 1.40 bits per heavy atom. The number of thiazole rings is 1. The highest BCUT2D eigenvalue weighted by molar-refractivity contribution is 7.86. The topological polar surface area (TPSA) is 135 Å². The third-order valence-electron chi connectivity index (χ3n) is 8.09. The van der Waals surface area contributed by atoms with Crippen molar-refractivity contribution < 1.29 is 27.3 Å². The Kier molecular flexibility index (Phi) is 7.80. The van der Waals surface area contributed by atoms with Gasteiger partial charge in [-0.25, -0.2) is 9.78 Å². The molecular weight excluding hydrogens is 635 g/mol. The van der Waals surface area contributed by atoms with Gasteiger partial charge in [-0.05, 0) is 89.3 Å². The van der Waals surface area contributed by atoms with E-state index in [0.717, 1.165) is 27.8 Å². The molecule has 0 fully saturated rings. The molecule has 1 aromatic heterocycles. The van der Waals surface area contributed by atoms with Gasteiger partial charge in [0.25, 0.3) is 16.0 Å². The number of aromatic nitrogens is 1. The maximum atomic E-state index is 12.9. The van der Waals surface area contributed by atoms with Crippen LogP contribution in [0, 0.1) is 6.92 Å². The van der Waals surface area contributed by atoms with Gasteiger partial charge in [0.05, 0.1) is 10.2 Å². The van der Waals surface area contributed by atoms with Crippen LogP contribution >= 0.6 is 11.3 Å². The minimum Gasteiger partial charge on any atom is -0.448 e. The summed E-state index contributed by atoms with van der Waals surface area (Å²) in [6.45, 7) is 1.82. The zero-order valence-electron chi connectivity index (χ0n) is 24.9. The zero-order chi connectivity index (χ0) is 32.7. The van der Waals surface area contributed by atoms with Crippen molar-refractivity contribution in [2.75, 3.05) is 17.2 Å². The molecule has 6 aromatic rings. The second kappa shape index (κ2) is 12.1. The van der Waals surface area contributed by atoms with Crippen molar-refractivity contribution >= 4 is 55.0 Å². The molecule has 0 unspecified atom stereocenters. The number of rotatable bonds is 7. The Bertz CT molecular complexity index is 2240. The molecule has 9 nitrogen and oxygen atoms in total. The lowest BCUT2D eigenvalue weighted by Gasteiger charge is -2.14. The highest BCUT2D eigenvalue weighted by Crippen LogP contribution is 2.44. The monoisotopic (exact) mass is 661 g/mol. The van der Waals surface area contributed by atoms with Gasteiger partial charge in [-0.3, -0.25) is 14.7 Å². The van der Waals surface area contributed by atoms with E-state index in [-0.39, 0.29) is 23.3 Å². The SMILES string of the molecule is Cc1ccc2nc(-c3ccc(NC(=O)c4ccc(NC(=O)OCC5c6ccccc6-c6ccccc65)cc4)cc3)sc2c1S(=O)(=O)O. The van der Waals surface area contributed by atoms with Crippen molar-refractivity contribution in [3.05, 3.63) is 131 Å². The second-order valence-corrected chi connectivity index (χ2v) is 13.5. The van der Waals surface area contributed by atoms with Crippen LogP contribution in [-0.4, -0.2) is 36.6 Å². The van der Waals surface area contributed by atoms with E-state index in [2.05, 4.69) is 39.9 Å². The molecule has 0 aliphatic heterocycles. The predicted molar refractivity (Wildman–Crippen MR) is 183 cm³/mol. The van der Waals surface area contributed by atoms with E-state index < -0.39 is 16.2 Å². The summed E-state index contributed by atoms with van der Waals surface area (Å²) in [5.74, 6) is -0.379. The van der Waals surface area contributed by atoms with Crippen LogP contribution in [0.15, 0.2) is 114 Å². The molecule has 7 rings (SSSR count). The van der Waals surface area contributed by atoms with E-state index in [4.69, 9.17) is 4.74 Å². The van der Waals surface area contributed by atoms with Crippen molar-refractivity contribution in [1.29, 1.82) is 0 Å². The molecule has 0 atom stereocenters. The Labute approximate surface area is 274 Å². The fourth-order valence-corrected chi connectivity index (χ4v) is 8.18. The highest BCUT2D eigenvalue weighted by atomic mass is 32.2. The van der Waals surface area contributed by atoms with Crippen LogP contribution < -0.4 is 10.6 Å². The molecule has 0 saturated carbocycles. The molecular formula is C36H27N3O6S2. The number of benzene rings is 5. The molecule has 11 heteroatoms. The van der Waals surface area contributed by atoms with Crippen molar-refractivity contribution in [3.8, 4) is 21.7 Å². The standard InChI is InChI=1S/C36H27N3O6S2/c1-21-10-19-31-32(33(21)47(42,43)44)46-35(39-31)23-13-17-24(18-14-23)37-34(40)22-11-15-25(16-12-22)38-36(41)45-20-30-28-8-4-2-6-26(28)27-7-3-5-9-29(27)30/h2-19,30H,20H2,1H3,(H,37,40)(H,38,41)(H,42,43,44). The molecule has 1 aliphatic carbocycles. The van der Waals surface area contributed by atoms with E-state index in [1.165, 1.54) is 11.3 Å². The summed E-state index contributed by atoms with van der Waals surface area (Å²) in [5.41, 5.74) is 7.65. The van der Waals surface area contributed by atoms with Gasteiger partial charge in [-0.15, -0.1) is 11.3 Å². The first-order chi connectivity index (χ1) is 22.7. The Balaban J connectivity index is 0.967. The van der Waals surface area contributed by atoms with E-state index in [0.29, 0.717) is 37.7 Å². The fourth-order valence-electron chi connectivity index (χ4n) is 5.87. The van der Waals surface area contributed by atoms with Crippen LogP contribution in [0.4, 0.5) is 16.2 Å². The number of carbonyl (C=O) groups is 2. The minimum atomic E-state index is -4.41. The maximum Gasteiger partial charge on any atom is 0.411 e. The van der Waals surface area contributed by atoms with E-state index >= 15 is 0 Å². The van der Waals surface area contributed by atoms with Gasteiger partial charge in [0.1, 0.15) is 16.5 Å². The van der Waals surface area contributed by atoms with Crippen LogP contribution in [0.1, 0.15) is 33.0 Å². The number of hydrogen-bond donors (Lipinski definition) is 3. The largest absolute Gasteiger partial charge is 0.448 e. The van der Waals surface area contributed by atoms with Crippen LogP contribution in [0.3, 0.4) is 0 Å². The molecule has 3 N–H and O–H groups in total. The van der Waals surface area contributed by atoms with E-state index in [9.17, 15) is 22.6 Å². The summed E-state index contributed by atoms with van der Waals surface area (Å²) >= 11 is 1.17. The van der Waals surface area contributed by atoms with Crippen LogP contribution in [-0.2, 0) is 14.9 Å². The number of aryl methyl sites for hydroxylation is 1. The second-order valence-electron chi connectivity index (χ2n) is 11.1. The number of amides is 2. The number of anilines is 2. The number of hydrogen-bond acceptors (Lipinski definition) is 7. The molecule has 0 saturated heterocycles. The maximum absolute atomic E-state index is 12.9. The molecule has 0 bridgehead atoms. The average Bonchev–Trinajstić information content (AvgIpc) is 3.63. The van der Waals surface area contributed by atoms with Gasteiger partial charge >= 0.3 is 6.09 Å². The molecule has 5 aromatic carbocycles. The molecule has 2 amide bonds. The summed E-state index contributed by atoms with van der Waals surface area (Å²) in [4.78, 5) is 30.0. The molecule has 47 heavy (non-hydrogen) atoms. The van der Waals surface area contributed by atoms with Gasteiger partial charge in [0.2, 0.25) is 0 Å². The van der Waals surface area contributed by atoms with Gasteiger partial charge in [0, 0.05) is 28.4 Å². The highest BCUT2D eigenvalue weighted by Gasteiger charge is 2.29. The van der Waals surface area contributed by atoms with Gasteiger partial charge < -0.3 is 10.1 Å². The van der Waals surface area contributed by atoms with Gasteiger partial charge in [-0.2, -0.15) is 8.42 Å². The van der Waals surface area contributed by atoms with Crippen molar-refractivity contribution in [3.63, 3.8) is 0 Å². The van der Waals surface area contributed by atoms with Crippen LogP contribution in [0.5, 0.6) is 0 Å². The molecule has 234 valence electrons. The van der Waals surface area contributed by atoms with E-state index in [1.807, 2.05) is 24.3 Å². The van der Waals surface area contributed by atoms with Gasteiger partial charge in [0.15, 0.2) is 0 Å². The van der Waals surface area contributed by atoms with Crippen LogP contribution in [0.25, 0.3) is 31.9 Å². The third kappa shape index (κ3) is 5.99.